The summed E-state index contributed by atoms with van der Waals surface area (Å²) in [7, 11) is 0. The van der Waals surface area contributed by atoms with Crippen LogP contribution in [0, 0.1) is 16.0 Å². The summed E-state index contributed by atoms with van der Waals surface area (Å²) in [5, 5.41) is 14.4. The zero-order chi connectivity index (χ0) is 20.3. The van der Waals surface area contributed by atoms with Crippen LogP contribution in [0.3, 0.4) is 0 Å². The molecule has 0 aliphatic carbocycles. The molecule has 1 fully saturated rings. The standard InChI is InChI=1S/C19H17Cl2N3O4/c20-14-3-6-17(16(21)11-14)22-18(25)12-7-9-23(10-8-12)19(26)13-1-4-15(5-2-13)24(27)28/h1-6,11-12H,7-10H2,(H,22,25). The second-order valence-corrected chi connectivity index (χ2v) is 7.33. The maximum absolute atomic E-state index is 12.6. The lowest BCUT2D eigenvalue weighted by molar-refractivity contribution is -0.384. The number of carbonyl (C=O) groups excluding carboxylic acids is 2. The van der Waals surface area contributed by atoms with Crippen LogP contribution in [-0.4, -0.2) is 34.7 Å². The Kier molecular flexibility index (Phi) is 6.16. The van der Waals surface area contributed by atoms with Gasteiger partial charge >= 0.3 is 0 Å². The van der Waals surface area contributed by atoms with E-state index in [4.69, 9.17) is 23.2 Å². The van der Waals surface area contributed by atoms with Crippen LogP contribution in [0.25, 0.3) is 0 Å². The molecule has 0 unspecified atom stereocenters. The smallest absolute Gasteiger partial charge is 0.269 e. The van der Waals surface area contributed by atoms with Gasteiger partial charge in [-0.25, -0.2) is 0 Å². The predicted molar refractivity (Wildman–Crippen MR) is 107 cm³/mol. The maximum atomic E-state index is 12.6. The van der Waals surface area contributed by atoms with Crippen molar-refractivity contribution in [2.45, 2.75) is 12.8 Å². The van der Waals surface area contributed by atoms with Crippen LogP contribution in [0.15, 0.2) is 42.5 Å². The van der Waals surface area contributed by atoms with Gasteiger partial charge in [-0.3, -0.25) is 19.7 Å². The van der Waals surface area contributed by atoms with Gasteiger partial charge in [0.05, 0.1) is 15.6 Å². The molecule has 0 bridgehead atoms. The Labute approximate surface area is 171 Å². The Balaban J connectivity index is 1.56. The van der Waals surface area contributed by atoms with Gasteiger partial charge < -0.3 is 10.2 Å². The molecule has 0 spiro atoms. The minimum atomic E-state index is -0.509. The molecule has 1 saturated heterocycles. The van der Waals surface area contributed by atoms with Gasteiger partial charge in [-0.1, -0.05) is 23.2 Å². The van der Waals surface area contributed by atoms with Crippen molar-refractivity contribution in [1.29, 1.82) is 0 Å². The first-order chi connectivity index (χ1) is 13.3. The number of hydrogen-bond donors (Lipinski definition) is 1. The van der Waals surface area contributed by atoms with E-state index < -0.39 is 4.92 Å². The predicted octanol–water partition coefficient (Wildman–Crippen LogP) is 4.39. The number of nitrogens with zero attached hydrogens (tertiary/aromatic N) is 2. The lowest BCUT2D eigenvalue weighted by Crippen LogP contribution is -2.41. The summed E-state index contributed by atoms with van der Waals surface area (Å²) in [4.78, 5) is 36.9. The lowest BCUT2D eigenvalue weighted by atomic mass is 9.95. The summed E-state index contributed by atoms with van der Waals surface area (Å²) in [5.41, 5.74) is 0.828. The highest BCUT2D eigenvalue weighted by Crippen LogP contribution is 2.27. The van der Waals surface area contributed by atoms with Crippen molar-refractivity contribution in [3.63, 3.8) is 0 Å². The Hall–Kier alpha value is -2.64. The average Bonchev–Trinajstić information content (AvgIpc) is 2.69. The van der Waals surface area contributed by atoms with Crippen LogP contribution in [-0.2, 0) is 4.79 Å². The van der Waals surface area contributed by atoms with Crippen LogP contribution in [0.5, 0.6) is 0 Å². The second kappa shape index (κ2) is 8.58. The molecule has 0 atom stereocenters. The molecule has 1 aliphatic heterocycles. The highest BCUT2D eigenvalue weighted by atomic mass is 35.5. The summed E-state index contributed by atoms with van der Waals surface area (Å²) in [6.45, 7) is 0.866. The van der Waals surface area contributed by atoms with Gasteiger partial charge in [0.25, 0.3) is 11.6 Å². The number of likely N-dealkylation sites (tertiary alicyclic amines) is 1. The molecule has 3 rings (SSSR count). The monoisotopic (exact) mass is 421 g/mol. The minimum Gasteiger partial charge on any atom is -0.339 e. The zero-order valence-electron chi connectivity index (χ0n) is 14.7. The molecule has 2 aromatic rings. The molecular weight excluding hydrogens is 405 g/mol. The molecule has 146 valence electrons. The lowest BCUT2D eigenvalue weighted by Gasteiger charge is -2.31. The number of rotatable bonds is 4. The Morgan fingerprint density at radius 1 is 1.07 bits per heavy atom. The molecule has 1 N–H and O–H groups in total. The number of hydrogen-bond acceptors (Lipinski definition) is 4. The summed E-state index contributed by atoms with van der Waals surface area (Å²) in [6, 6.07) is 10.4. The molecule has 9 heteroatoms. The molecule has 0 saturated carbocycles. The van der Waals surface area contributed by atoms with Crippen LogP contribution in [0.4, 0.5) is 11.4 Å². The third kappa shape index (κ3) is 4.61. The van der Waals surface area contributed by atoms with Gasteiger partial charge in [-0.2, -0.15) is 0 Å². The first kappa shape index (κ1) is 20.1. The molecule has 0 radical (unpaired) electrons. The first-order valence-corrected chi connectivity index (χ1v) is 9.40. The number of benzene rings is 2. The fraction of sp³-hybridized carbons (Fsp3) is 0.263. The molecule has 2 amide bonds. The van der Waals surface area contributed by atoms with Crippen LogP contribution in [0.1, 0.15) is 23.2 Å². The van der Waals surface area contributed by atoms with Crippen molar-refractivity contribution < 1.29 is 14.5 Å². The van der Waals surface area contributed by atoms with Crippen molar-refractivity contribution in [3.8, 4) is 0 Å². The molecular formula is C19H17Cl2N3O4. The van der Waals surface area contributed by atoms with Crippen molar-refractivity contribution in [3.05, 3.63) is 68.2 Å². The summed E-state index contributed by atoms with van der Waals surface area (Å²) >= 11 is 11.9. The van der Waals surface area contributed by atoms with E-state index >= 15 is 0 Å². The topological polar surface area (TPSA) is 92.6 Å². The summed E-state index contributed by atoms with van der Waals surface area (Å²) < 4.78 is 0. The van der Waals surface area contributed by atoms with E-state index in [1.807, 2.05) is 0 Å². The Morgan fingerprint density at radius 2 is 1.71 bits per heavy atom. The fourth-order valence-corrected chi connectivity index (χ4v) is 3.53. The van der Waals surface area contributed by atoms with Crippen LogP contribution < -0.4 is 5.32 Å². The van der Waals surface area contributed by atoms with Crippen LogP contribution in [0.2, 0.25) is 10.0 Å². The van der Waals surface area contributed by atoms with Crippen LogP contribution >= 0.6 is 23.2 Å². The van der Waals surface area contributed by atoms with E-state index in [9.17, 15) is 19.7 Å². The van der Waals surface area contributed by atoms with Crippen molar-refractivity contribution in [2.24, 2.45) is 5.92 Å². The molecule has 1 heterocycles. The zero-order valence-corrected chi connectivity index (χ0v) is 16.2. The molecule has 28 heavy (non-hydrogen) atoms. The van der Waals surface area contributed by atoms with Gasteiger partial charge in [-0.15, -0.1) is 0 Å². The Morgan fingerprint density at radius 3 is 2.29 bits per heavy atom. The van der Waals surface area contributed by atoms with E-state index in [0.717, 1.165) is 0 Å². The number of amides is 2. The molecule has 2 aromatic carbocycles. The van der Waals surface area contributed by atoms with E-state index in [-0.39, 0.29) is 23.4 Å². The first-order valence-electron chi connectivity index (χ1n) is 8.65. The van der Waals surface area contributed by atoms with Crippen molar-refractivity contribution in [1.82, 2.24) is 4.90 Å². The number of piperidine rings is 1. The van der Waals surface area contributed by atoms with E-state index in [0.29, 0.717) is 47.2 Å². The number of nitrogens with one attached hydrogen (secondary N) is 1. The van der Waals surface area contributed by atoms with E-state index in [2.05, 4.69) is 5.32 Å². The fourth-order valence-electron chi connectivity index (χ4n) is 3.08. The third-order valence-corrected chi connectivity index (χ3v) is 5.21. The average molecular weight is 422 g/mol. The highest BCUT2D eigenvalue weighted by Gasteiger charge is 2.28. The van der Waals surface area contributed by atoms with Crippen molar-refractivity contribution in [2.75, 3.05) is 18.4 Å². The summed E-state index contributed by atoms with van der Waals surface area (Å²) in [5.74, 6) is -0.575. The second-order valence-electron chi connectivity index (χ2n) is 6.48. The number of nitro groups is 1. The van der Waals surface area contributed by atoms with Gasteiger partial charge in [0.15, 0.2) is 0 Å². The van der Waals surface area contributed by atoms with Crippen molar-refractivity contribution >= 4 is 46.4 Å². The molecule has 1 aliphatic rings. The van der Waals surface area contributed by atoms with Gasteiger partial charge in [0.1, 0.15) is 0 Å². The number of carbonyl (C=O) groups is 2. The maximum Gasteiger partial charge on any atom is 0.269 e. The largest absolute Gasteiger partial charge is 0.339 e. The normalized spacial score (nSPS) is 14.6. The number of nitro benzene ring substituents is 1. The Bertz CT molecular complexity index is 910. The number of non-ortho nitro benzene ring substituents is 1. The van der Waals surface area contributed by atoms with Gasteiger partial charge in [0.2, 0.25) is 5.91 Å². The highest BCUT2D eigenvalue weighted by molar-refractivity contribution is 6.36. The summed E-state index contributed by atoms with van der Waals surface area (Å²) in [6.07, 6.45) is 1.05. The SMILES string of the molecule is O=C(Nc1ccc(Cl)cc1Cl)C1CCN(C(=O)c2ccc([N+](=O)[O-])cc2)CC1. The third-order valence-electron chi connectivity index (χ3n) is 4.67. The number of halogens is 2. The quantitative estimate of drug-likeness (QED) is 0.584. The van der Waals surface area contributed by atoms with Gasteiger partial charge in [0, 0.05) is 41.7 Å². The molecule has 7 nitrogen and oxygen atoms in total. The van der Waals surface area contributed by atoms with Gasteiger partial charge in [-0.05, 0) is 43.2 Å². The molecule has 0 aromatic heterocycles. The minimum absolute atomic E-state index is 0.0622. The van der Waals surface area contributed by atoms with E-state index in [1.54, 1.807) is 23.1 Å². The number of anilines is 1. The van der Waals surface area contributed by atoms with E-state index in [1.165, 1.54) is 24.3 Å².